The lowest BCUT2D eigenvalue weighted by Crippen LogP contribution is -2.38. The van der Waals surface area contributed by atoms with Crippen LogP contribution in [0.4, 0.5) is 0 Å². The average Bonchev–Trinajstić information content (AvgIpc) is 3.19. The summed E-state index contributed by atoms with van der Waals surface area (Å²) in [5, 5.41) is 3.61. The number of carbonyl (C=O) groups excluding carboxylic acids is 1. The van der Waals surface area contributed by atoms with Crippen molar-refractivity contribution in [2.24, 2.45) is 0 Å². The molecule has 0 unspecified atom stereocenters. The Labute approximate surface area is 133 Å². The Bertz CT molecular complexity index is 544. The lowest BCUT2D eigenvalue weighted by atomic mass is 9.95. The maximum atomic E-state index is 12.4. The van der Waals surface area contributed by atoms with Crippen molar-refractivity contribution in [1.29, 1.82) is 0 Å². The third kappa shape index (κ3) is 3.86. The molecular weight excluding hydrogens is 306 g/mol. The molecule has 0 bridgehead atoms. The van der Waals surface area contributed by atoms with E-state index >= 15 is 0 Å². The summed E-state index contributed by atoms with van der Waals surface area (Å²) < 4.78 is 11.7. The highest BCUT2D eigenvalue weighted by Gasteiger charge is 2.51. The van der Waals surface area contributed by atoms with Crippen molar-refractivity contribution in [3.63, 3.8) is 0 Å². The Morgan fingerprint density at radius 1 is 1.29 bits per heavy atom. The molecule has 1 fully saturated rings. The predicted molar refractivity (Wildman–Crippen MR) is 88.1 cm³/mol. The lowest BCUT2D eigenvalue weighted by Gasteiger charge is -2.19. The first-order chi connectivity index (χ1) is 9.75. The fourth-order valence-electron chi connectivity index (χ4n) is 2.27. The van der Waals surface area contributed by atoms with Crippen molar-refractivity contribution >= 4 is 28.3 Å². The van der Waals surface area contributed by atoms with Gasteiger partial charge in [0.1, 0.15) is 0 Å². The van der Waals surface area contributed by atoms with Gasteiger partial charge < -0.3 is 5.32 Å². The number of benzene rings is 1. The molecule has 3 nitrogen and oxygen atoms in total. The van der Waals surface area contributed by atoms with Gasteiger partial charge >= 0.3 is 0 Å². The number of carbonyl (C=O) groups is 1. The van der Waals surface area contributed by atoms with Gasteiger partial charge in [-0.05, 0) is 51.3 Å². The number of nitrogens with one attached hydrogen (secondary N) is 1. The minimum absolute atomic E-state index is 0.0377. The Morgan fingerprint density at radius 3 is 2.33 bits per heavy atom. The van der Waals surface area contributed by atoms with E-state index in [4.69, 9.17) is 11.6 Å². The van der Waals surface area contributed by atoms with E-state index in [1.165, 1.54) is 0 Å². The van der Waals surface area contributed by atoms with Crippen LogP contribution in [-0.4, -0.2) is 27.2 Å². The zero-order valence-electron chi connectivity index (χ0n) is 12.7. The van der Waals surface area contributed by atoms with E-state index in [1.807, 2.05) is 45.0 Å². The van der Waals surface area contributed by atoms with Crippen molar-refractivity contribution in [3.8, 4) is 0 Å². The van der Waals surface area contributed by atoms with Gasteiger partial charge in [-0.2, -0.15) is 0 Å². The summed E-state index contributed by atoms with van der Waals surface area (Å²) >= 11 is 5.89. The highest BCUT2D eigenvalue weighted by atomic mass is 35.5. The van der Waals surface area contributed by atoms with E-state index in [0.29, 0.717) is 17.3 Å². The van der Waals surface area contributed by atoms with Gasteiger partial charge in [-0.1, -0.05) is 23.7 Å². The monoisotopic (exact) mass is 327 g/mol. The first-order valence-corrected chi connectivity index (χ1v) is 8.88. The lowest BCUT2D eigenvalue weighted by molar-refractivity contribution is -0.123. The molecule has 1 atom stereocenters. The molecule has 0 radical (unpaired) electrons. The van der Waals surface area contributed by atoms with Gasteiger partial charge in [-0.3, -0.25) is 9.00 Å². The van der Waals surface area contributed by atoms with Crippen molar-refractivity contribution in [2.75, 3.05) is 12.3 Å². The molecule has 1 aliphatic rings. The molecule has 0 aliphatic heterocycles. The molecular formula is C16H22ClNO2S. The second-order valence-electron chi connectivity index (χ2n) is 6.51. The van der Waals surface area contributed by atoms with Gasteiger partial charge in [-0.15, -0.1) is 0 Å². The summed E-state index contributed by atoms with van der Waals surface area (Å²) in [4.78, 5) is 12.4. The molecule has 0 heterocycles. The quantitative estimate of drug-likeness (QED) is 0.903. The van der Waals surface area contributed by atoms with Gasteiger partial charge in [0.2, 0.25) is 5.91 Å². The molecule has 116 valence electrons. The Balaban J connectivity index is 1.92. The predicted octanol–water partition coefficient (Wildman–Crippen LogP) is 3.04. The highest BCUT2D eigenvalue weighted by Crippen LogP contribution is 2.48. The van der Waals surface area contributed by atoms with Gasteiger partial charge in [0.05, 0.1) is 5.41 Å². The van der Waals surface area contributed by atoms with Crippen molar-refractivity contribution in [3.05, 3.63) is 34.9 Å². The number of hydrogen-bond donors (Lipinski definition) is 1. The summed E-state index contributed by atoms with van der Waals surface area (Å²) in [5.74, 6) is 0.530. The van der Waals surface area contributed by atoms with Crippen LogP contribution in [-0.2, 0) is 21.0 Å². The van der Waals surface area contributed by atoms with E-state index < -0.39 is 16.2 Å². The largest absolute Gasteiger partial charge is 0.354 e. The summed E-state index contributed by atoms with van der Waals surface area (Å²) in [6, 6.07) is 7.47. The van der Waals surface area contributed by atoms with E-state index in [0.717, 1.165) is 18.4 Å². The molecule has 2 rings (SSSR count). The molecule has 1 amide bonds. The average molecular weight is 328 g/mol. The van der Waals surface area contributed by atoms with Crippen LogP contribution >= 0.6 is 11.6 Å². The Morgan fingerprint density at radius 2 is 1.86 bits per heavy atom. The Kier molecular flexibility index (Phi) is 4.79. The molecule has 0 spiro atoms. The maximum Gasteiger partial charge on any atom is 0.230 e. The van der Waals surface area contributed by atoms with E-state index in [9.17, 15) is 9.00 Å². The maximum absolute atomic E-state index is 12.4. The van der Waals surface area contributed by atoms with Crippen LogP contribution in [0.15, 0.2) is 24.3 Å². The molecule has 21 heavy (non-hydrogen) atoms. The van der Waals surface area contributed by atoms with Crippen LogP contribution in [0.2, 0.25) is 5.02 Å². The zero-order chi connectivity index (χ0) is 15.7. The normalized spacial score (nSPS) is 18.1. The molecule has 1 aliphatic carbocycles. The van der Waals surface area contributed by atoms with Crippen molar-refractivity contribution in [1.82, 2.24) is 5.32 Å². The summed E-state index contributed by atoms with van der Waals surface area (Å²) in [5.41, 5.74) is 0.620. The van der Waals surface area contributed by atoms with Gasteiger partial charge in [0.25, 0.3) is 0 Å². The molecule has 0 aromatic heterocycles. The van der Waals surface area contributed by atoms with E-state index in [1.54, 1.807) is 0 Å². The second kappa shape index (κ2) is 6.09. The van der Waals surface area contributed by atoms with Crippen LogP contribution in [0.3, 0.4) is 0 Å². The zero-order valence-corrected chi connectivity index (χ0v) is 14.3. The summed E-state index contributed by atoms with van der Waals surface area (Å²) in [6.45, 7) is 6.29. The minimum atomic E-state index is -0.940. The molecule has 1 saturated carbocycles. The van der Waals surface area contributed by atoms with Gasteiger partial charge in [0.15, 0.2) is 0 Å². The van der Waals surface area contributed by atoms with Gasteiger partial charge in [0, 0.05) is 32.9 Å². The standard InChI is InChI=1S/C16H22ClNO2S/c1-15(2,3)21(20)11-10-18-14(19)16(8-9-16)12-4-6-13(17)7-5-12/h4-7H,8-11H2,1-3H3,(H,18,19)/t21-/m1/s1. The van der Waals surface area contributed by atoms with Gasteiger partial charge in [-0.25, -0.2) is 0 Å². The number of hydrogen-bond acceptors (Lipinski definition) is 2. The Hall–Kier alpha value is -0.870. The first kappa shape index (κ1) is 16.5. The van der Waals surface area contributed by atoms with Crippen LogP contribution in [0.25, 0.3) is 0 Å². The molecule has 1 aromatic rings. The number of rotatable bonds is 5. The first-order valence-electron chi connectivity index (χ1n) is 7.18. The van der Waals surface area contributed by atoms with Crippen molar-refractivity contribution in [2.45, 2.75) is 43.8 Å². The van der Waals surface area contributed by atoms with Crippen LogP contribution in [0, 0.1) is 0 Å². The molecule has 0 saturated heterocycles. The topological polar surface area (TPSA) is 46.2 Å². The smallest absolute Gasteiger partial charge is 0.230 e. The highest BCUT2D eigenvalue weighted by molar-refractivity contribution is 7.86. The number of amides is 1. The fourth-order valence-corrected chi connectivity index (χ4v) is 3.30. The fraction of sp³-hybridized carbons (Fsp3) is 0.562. The third-order valence-corrected chi connectivity index (χ3v) is 6.03. The molecule has 1 aromatic carbocycles. The summed E-state index contributed by atoms with van der Waals surface area (Å²) in [6.07, 6.45) is 1.73. The van der Waals surface area contributed by atoms with Crippen LogP contribution in [0.5, 0.6) is 0 Å². The SMILES string of the molecule is CC(C)(C)[S@](=O)CCNC(=O)C1(c2ccc(Cl)cc2)CC1. The second-order valence-corrected chi connectivity index (χ2v) is 9.27. The molecule has 5 heteroatoms. The summed E-state index contributed by atoms with van der Waals surface area (Å²) in [7, 11) is -0.940. The number of halogens is 1. The molecule has 1 N–H and O–H groups in total. The van der Waals surface area contributed by atoms with Crippen molar-refractivity contribution < 1.29 is 9.00 Å². The van der Waals surface area contributed by atoms with E-state index in [-0.39, 0.29) is 10.7 Å². The van der Waals surface area contributed by atoms with Crippen LogP contribution < -0.4 is 5.32 Å². The third-order valence-electron chi connectivity index (χ3n) is 3.84. The van der Waals surface area contributed by atoms with E-state index in [2.05, 4.69) is 5.32 Å². The minimum Gasteiger partial charge on any atom is -0.354 e. The van der Waals surface area contributed by atoms with Crippen LogP contribution in [0.1, 0.15) is 39.2 Å².